The Kier molecular flexibility index (Phi) is 7.12. The predicted molar refractivity (Wildman–Crippen MR) is 143 cm³/mol. The molecular weight excluding hydrogens is 520 g/mol. The first-order valence-electron chi connectivity index (χ1n) is 13.1. The van der Waals surface area contributed by atoms with Gasteiger partial charge in [-0.1, -0.05) is 11.6 Å². The van der Waals surface area contributed by atoms with Gasteiger partial charge in [-0.25, -0.2) is 23.5 Å². The molecule has 2 aliphatic heterocycles. The Labute approximate surface area is 228 Å². The molecule has 0 saturated carbocycles. The molecule has 206 valence electrons. The van der Waals surface area contributed by atoms with E-state index in [9.17, 15) is 18.7 Å². The summed E-state index contributed by atoms with van der Waals surface area (Å²) in [7, 11) is 0. The summed E-state index contributed by atoms with van der Waals surface area (Å²) < 4.78 is 40.4. The Bertz CT molecular complexity index is 1590. The van der Waals surface area contributed by atoms with Crippen LogP contribution in [-0.4, -0.2) is 56.4 Å². The largest absolute Gasteiger partial charge is 0.477 e. The van der Waals surface area contributed by atoms with Crippen molar-refractivity contribution in [3.8, 4) is 5.88 Å². The van der Waals surface area contributed by atoms with Gasteiger partial charge in [-0.2, -0.15) is 4.98 Å². The average Bonchev–Trinajstić information content (AvgIpc) is 3.26. The molecule has 0 bridgehead atoms. The Morgan fingerprint density at radius 2 is 1.93 bits per heavy atom. The molecule has 9 nitrogen and oxygen atoms in total. The number of nitrogens with zero attached hydrogens (tertiary/aromatic N) is 5. The van der Waals surface area contributed by atoms with E-state index >= 15 is 0 Å². The van der Waals surface area contributed by atoms with Crippen molar-refractivity contribution in [2.75, 3.05) is 24.6 Å². The second-order valence-electron chi connectivity index (χ2n) is 9.85. The highest BCUT2D eigenvalue weighted by atomic mass is 19.1. The number of hydrogen-bond acceptors (Lipinski definition) is 7. The van der Waals surface area contributed by atoms with E-state index in [1.54, 1.807) is 12.1 Å². The lowest BCUT2D eigenvalue weighted by atomic mass is 10.0. The van der Waals surface area contributed by atoms with Crippen LogP contribution in [0.4, 0.5) is 14.6 Å². The SMILES string of the molecule is O=C(O)c1ccc2nc(C=C3CCN(c4cccc(OCc5ccc(F)cc5F)n4)CC3)n(C[C@@H]3CCO3)c2n1. The fraction of sp³-hybridized carbons (Fsp3) is 0.310. The molecule has 2 aliphatic rings. The van der Waals surface area contributed by atoms with Crippen LogP contribution in [0.3, 0.4) is 0 Å². The van der Waals surface area contributed by atoms with Crippen molar-refractivity contribution in [3.63, 3.8) is 0 Å². The van der Waals surface area contributed by atoms with Gasteiger partial charge >= 0.3 is 5.97 Å². The van der Waals surface area contributed by atoms with Crippen molar-refractivity contribution in [2.45, 2.75) is 38.5 Å². The van der Waals surface area contributed by atoms with Gasteiger partial charge in [-0.15, -0.1) is 0 Å². The molecule has 6 rings (SSSR count). The van der Waals surface area contributed by atoms with Gasteiger partial charge in [0.1, 0.15) is 35.4 Å². The molecule has 0 amide bonds. The second kappa shape index (κ2) is 11.0. The van der Waals surface area contributed by atoms with Crippen LogP contribution in [0.25, 0.3) is 17.2 Å². The minimum absolute atomic E-state index is 0.0165. The predicted octanol–water partition coefficient (Wildman–Crippen LogP) is 4.85. The molecular formula is C29H27F2N5O4. The summed E-state index contributed by atoms with van der Waals surface area (Å²) in [5, 5.41) is 9.41. The first-order chi connectivity index (χ1) is 19.4. The van der Waals surface area contributed by atoms with Crippen molar-refractivity contribution in [1.82, 2.24) is 19.5 Å². The van der Waals surface area contributed by atoms with E-state index in [4.69, 9.17) is 14.5 Å². The van der Waals surface area contributed by atoms with E-state index in [0.717, 1.165) is 56.7 Å². The highest BCUT2D eigenvalue weighted by molar-refractivity contribution is 5.88. The molecule has 5 heterocycles. The Balaban J connectivity index is 1.15. The quantitative estimate of drug-likeness (QED) is 0.334. The number of halogens is 2. The van der Waals surface area contributed by atoms with E-state index in [2.05, 4.69) is 20.9 Å². The van der Waals surface area contributed by atoms with E-state index in [1.807, 2.05) is 16.7 Å². The smallest absolute Gasteiger partial charge is 0.354 e. The topological polar surface area (TPSA) is 103 Å². The number of benzene rings is 1. The summed E-state index contributed by atoms with van der Waals surface area (Å²) in [5.74, 6) is -0.497. The third-order valence-electron chi connectivity index (χ3n) is 7.18. The normalized spacial score (nSPS) is 17.1. The average molecular weight is 548 g/mol. The molecule has 1 N–H and O–H groups in total. The van der Waals surface area contributed by atoms with Crippen molar-refractivity contribution < 1.29 is 28.2 Å². The van der Waals surface area contributed by atoms with E-state index in [1.165, 1.54) is 23.8 Å². The lowest BCUT2D eigenvalue weighted by Gasteiger charge is -2.30. The minimum atomic E-state index is -1.08. The van der Waals surface area contributed by atoms with E-state index < -0.39 is 17.6 Å². The van der Waals surface area contributed by atoms with Gasteiger partial charge in [0.25, 0.3) is 0 Å². The van der Waals surface area contributed by atoms with Gasteiger partial charge in [-0.3, -0.25) is 0 Å². The van der Waals surface area contributed by atoms with Crippen LogP contribution in [0.1, 0.15) is 41.1 Å². The first-order valence-corrected chi connectivity index (χ1v) is 13.1. The van der Waals surface area contributed by atoms with Gasteiger partial charge < -0.3 is 24.0 Å². The van der Waals surface area contributed by atoms with E-state index in [-0.39, 0.29) is 24.0 Å². The standard InChI is InChI=1S/C29H27F2N5O4/c30-20-5-4-19(22(31)15-20)17-40-27-3-1-2-25(34-27)35-11-8-18(9-12-35)14-26-32-23-6-7-24(29(37)38)33-28(23)36(26)16-21-10-13-39-21/h1-7,14-15,21H,8-13,16-17H2,(H,37,38)/t21-/m0/s1. The molecule has 1 aromatic carbocycles. The molecule has 3 aromatic heterocycles. The Morgan fingerprint density at radius 3 is 2.65 bits per heavy atom. The maximum absolute atomic E-state index is 13.9. The second-order valence-corrected chi connectivity index (χ2v) is 9.85. The highest BCUT2D eigenvalue weighted by Crippen LogP contribution is 2.27. The molecule has 11 heteroatoms. The summed E-state index contributed by atoms with van der Waals surface area (Å²) in [4.78, 5) is 27.3. The van der Waals surface area contributed by atoms with Crippen molar-refractivity contribution in [3.05, 3.63) is 82.8 Å². The molecule has 0 unspecified atom stereocenters. The summed E-state index contributed by atoms with van der Waals surface area (Å²) >= 11 is 0. The van der Waals surface area contributed by atoms with Gasteiger partial charge in [0.05, 0.1) is 12.6 Å². The monoisotopic (exact) mass is 547 g/mol. The maximum Gasteiger partial charge on any atom is 0.354 e. The summed E-state index contributed by atoms with van der Waals surface area (Å²) in [6, 6.07) is 12.0. The number of fused-ring (bicyclic) bond motifs is 1. The van der Waals surface area contributed by atoms with Crippen LogP contribution in [0, 0.1) is 11.6 Å². The number of imidazole rings is 1. The Morgan fingerprint density at radius 1 is 1.10 bits per heavy atom. The van der Waals surface area contributed by atoms with Crippen LogP contribution in [0.5, 0.6) is 5.88 Å². The van der Waals surface area contributed by atoms with Crippen LogP contribution < -0.4 is 9.64 Å². The zero-order chi connectivity index (χ0) is 27.6. The first kappa shape index (κ1) is 25.9. The summed E-state index contributed by atoms with van der Waals surface area (Å²) in [5.41, 5.74) is 2.65. The van der Waals surface area contributed by atoms with Gasteiger partial charge in [0.15, 0.2) is 11.3 Å². The third-order valence-corrected chi connectivity index (χ3v) is 7.18. The molecule has 2 fully saturated rings. The third kappa shape index (κ3) is 5.50. The number of carboxylic acids is 1. The number of piperidine rings is 1. The number of hydrogen-bond donors (Lipinski definition) is 1. The fourth-order valence-electron chi connectivity index (χ4n) is 4.86. The zero-order valence-corrected chi connectivity index (χ0v) is 21.6. The molecule has 4 aromatic rings. The van der Waals surface area contributed by atoms with Crippen LogP contribution >= 0.6 is 0 Å². The number of aromatic nitrogens is 4. The number of rotatable bonds is 8. The van der Waals surface area contributed by atoms with Crippen LogP contribution in [-0.2, 0) is 17.9 Å². The highest BCUT2D eigenvalue weighted by Gasteiger charge is 2.23. The lowest BCUT2D eigenvalue weighted by molar-refractivity contribution is -0.0588. The fourth-order valence-corrected chi connectivity index (χ4v) is 4.86. The molecule has 0 radical (unpaired) electrons. The molecule has 2 saturated heterocycles. The molecule has 0 aliphatic carbocycles. The van der Waals surface area contributed by atoms with Crippen molar-refractivity contribution in [2.24, 2.45) is 0 Å². The van der Waals surface area contributed by atoms with Crippen LogP contribution in [0.2, 0.25) is 0 Å². The molecule has 40 heavy (non-hydrogen) atoms. The number of aromatic carboxylic acids is 1. The van der Waals surface area contributed by atoms with Crippen molar-refractivity contribution >= 4 is 29.0 Å². The number of carboxylic acid groups (broad SMARTS) is 1. The lowest BCUT2D eigenvalue weighted by Crippen LogP contribution is -2.32. The number of ether oxygens (including phenoxy) is 2. The zero-order valence-electron chi connectivity index (χ0n) is 21.6. The molecule has 0 spiro atoms. The number of anilines is 1. The van der Waals surface area contributed by atoms with Gasteiger partial charge in [0.2, 0.25) is 5.88 Å². The maximum atomic E-state index is 13.9. The Hall–Kier alpha value is -4.38. The number of pyridine rings is 2. The van der Waals surface area contributed by atoms with Gasteiger partial charge in [0, 0.05) is 37.4 Å². The number of carbonyl (C=O) groups is 1. The minimum Gasteiger partial charge on any atom is -0.477 e. The van der Waals surface area contributed by atoms with E-state index in [0.29, 0.717) is 23.6 Å². The van der Waals surface area contributed by atoms with Gasteiger partial charge in [-0.05, 0) is 55.7 Å². The van der Waals surface area contributed by atoms with Crippen LogP contribution in [0.15, 0.2) is 54.1 Å². The van der Waals surface area contributed by atoms with Crippen molar-refractivity contribution in [1.29, 1.82) is 0 Å². The summed E-state index contributed by atoms with van der Waals surface area (Å²) in [6.07, 6.45) is 4.67. The summed E-state index contributed by atoms with van der Waals surface area (Å²) in [6.45, 7) is 2.72. The molecule has 1 atom stereocenters.